The number of nitrogens with zero attached hydrogens (tertiary/aromatic N) is 16. The molecule has 8 N–H and O–H groups in total. The third-order valence-electron chi connectivity index (χ3n) is 26.6. The molecule has 4 aliphatic rings. The van der Waals surface area contributed by atoms with Gasteiger partial charge in [-0.25, -0.2) is 39.9 Å². The van der Waals surface area contributed by atoms with Crippen LogP contribution in [0.3, 0.4) is 0 Å². The first-order chi connectivity index (χ1) is 64.8. The maximum atomic E-state index is 4.52. The van der Waals surface area contributed by atoms with Crippen molar-refractivity contribution in [1.29, 1.82) is 0 Å². The molecule has 0 saturated carbocycles. The molecule has 12 heterocycles. The van der Waals surface area contributed by atoms with Crippen molar-refractivity contribution in [1.82, 2.24) is 99.0 Å². The Balaban J connectivity index is 0.000000123. The predicted octanol–water partition coefficient (Wildman–Crippen LogP) is 19.7. The lowest BCUT2D eigenvalue weighted by molar-refractivity contribution is 0.132. The second-order valence-electron chi connectivity index (χ2n) is 35.4. The molecule has 680 valence electrons. The number of aromatic nitrogens is 12. The van der Waals surface area contributed by atoms with E-state index in [4.69, 9.17) is 0 Å². The Bertz CT molecular complexity index is 5470. The lowest BCUT2D eigenvalue weighted by Gasteiger charge is -2.34. The third-order valence-corrected chi connectivity index (χ3v) is 26.6. The van der Waals surface area contributed by atoms with Crippen molar-refractivity contribution in [3.8, 4) is 45.0 Å². The van der Waals surface area contributed by atoms with E-state index in [2.05, 4.69) is 394 Å². The Labute approximate surface area is 777 Å². The number of nitrogens with one attached hydrogen (secondary N) is 8. The van der Waals surface area contributed by atoms with Crippen LogP contribution in [0.2, 0.25) is 0 Å². The zero-order valence-corrected chi connectivity index (χ0v) is 77.8. The number of hydrogen-bond donors (Lipinski definition) is 8. The number of H-pyrrole nitrogens is 4. The number of piperazine rings is 4. The van der Waals surface area contributed by atoms with Crippen LogP contribution in [0.4, 0.5) is 23.3 Å². The van der Waals surface area contributed by atoms with Gasteiger partial charge < -0.3 is 60.8 Å². The number of benzene rings is 8. The third kappa shape index (κ3) is 23.5. The predicted molar refractivity (Wildman–Crippen MR) is 541 cm³/mol. The smallest absolute Gasteiger partial charge is 0.143 e. The van der Waals surface area contributed by atoms with Crippen LogP contribution in [0.25, 0.3) is 89.2 Å². The van der Waals surface area contributed by atoms with Crippen molar-refractivity contribution in [2.45, 2.75) is 106 Å². The lowest BCUT2D eigenvalue weighted by atomic mass is 10.1. The Morgan fingerprint density at radius 1 is 0.235 bits per heavy atom. The molecule has 0 amide bonds. The van der Waals surface area contributed by atoms with Crippen molar-refractivity contribution < 1.29 is 0 Å². The van der Waals surface area contributed by atoms with Crippen LogP contribution in [0.15, 0.2) is 268 Å². The van der Waals surface area contributed by atoms with Gasteiger partial charge in [0.05, 0.1) is 21.5 Å². The molecule has 8 aromatic carbocycles. The zero-order chi connectivity index (χ0) is 90.5. The minimum atomic E-state index is 0.154. The van der Waals surface area contributed by atoms with Crippen LogP contribution in [0, 0.1) is 0 Å². The minimum absolute atomic E-state index is 0.154. The standard InChI is InChI=1S/4C27H32N6/c4*1-3-32-13-15-33(16-14-32)18-21-9-11-23(12-10-21)25-17-24-26(28-19-29-27(24)31-25)30-20(2)22-7-5-4-6-8-22/h4*4-12,17,19-20H,3,13-16,18H2,1-2H3,(H2,28,29,30,31)/t4*20-/m1111/s1. The number of likely N-dealkylation sites (N-methyl/N-ethyl adjacent to an activating group) is 4. The van der Waals surface area contributed by atoms with Crippen LogP contribution >= 0.6 is 0 Å². The first-order valence-electron chi connectivity index (χ1n) is 47.5. The lowest BCUT2D eigenvalue weighted by Crippen LogP contribution is -2.45. The molecule has 132 heavy (non-hydrogen) atoms. The largest absolute Gasteiger partial charge is 0.363 e. The van der Waals surface area contributed by atoms with Crippen LogP contribution < -0.4 is 21.3 Å². The minimum Gasteiger partial charge on any atom is -0.363 e. The summed E-state index contributed by atoms with van der Waals surface area (Å²) in [6.07, 6.45) is 6.46. The fourth-order valence-corrected chi connectivity index (χ4v) is 18.2. The molecule has 4 atom stereocenters. The summed E-state index contributed by atoms with van der Waals surface area (Å²) in [5.74, 6) is 3.40. The molecule has 4 saturated heterocycles. The molecule has 0 bridgehead atoms. The van der Waals surface area contributed by atoms with Crippen LogP contribution in [-0.2, 0) is 26.2 Å². The summed E-state index contributed by atoms with van der Waals surface area (Å²) in [5, 5.41) is 18.2. The van der Waals surface area contributed by atoms with Gasteiger partial charge in [-0.2, -0.15) is 0 Å². The van der Waals surface area contributed by atoms with Crippen molar-refractivity contribution in [2.24, 2.45) is 0 Å². The van der Waals surface area contributed by atoms with E-state index < -0.39 is 0 Å². The molecule has 0 unspecified atom stereocenters. The molecule has 24 heteroatoms. The number of fused-ring (bicyclic) bond motifs is 4. The van der Waals surface area contributed by atoms with Crippen molar-refractivity contribution in [3.05, 3.63) is 312 Å². The van der Waals surface area contributed by atoms with Crippen LogP contribution in [0.5, 0.6) is 0 Å². The second-order valence-corrected chi connectivity index (χ2v) is 35.4. The highest BCUT2D eigenvalue weighted by molar-refractivity contribution is 5.95. The summed E-state index contributed by atoms with van der Waals surface area (Å²) in [4.78, 5) is 70.0. The van der Waals surface area contributed by atoms with E-state index in [0.29, 0.717) is 0 Å². The summed E-state index contributed by atoms with van der Waals surface area (Å²) in [5.41, 5.74) is 22.6. The van der Waals surface area contributed by atoms with E-state index in [0.717, 1.165) is 217 Å². The van der Waals surface area contributed by atoms with E-state index in [-0.39, 0.29) is 24.2 Å². The first kappa shape index (κ1) is 91.0. The van der Waals surface area contributed by atoms with Gasteiger partial charge in [0, 0.05) is 178 Å². The van der Waals surface area contributed by atoms with Gasteiger partial charge in [-0.05, 0) is 145 Å². The summed E-state index contributed by atoms with van der Waals surface area (Å²) >= 11 is 0. The maximum Gasteiger partial charge on any atom is 0.143 e. The SMILES string of the molecule is CCN1CCN(Cc2ccc(-c3cc4c(N[C@H](C)c5ccccc5)ncnc4[nH]3)cc2)CC1.CCN1CCN(Cc2ccc(-c3cc4c(N[C@H](C)c5ccccc5)ncnc4[nH]3)cc2)CC1.CCN1CCN(Cc2ccc(-c3cc4c(N[C@H](C)c5ccccc5)ncnc4[nH]3)cc2)CC1.CCN1CCN(Cc2ccc(-c3cc4c(N[C@H](C)c5ccccc5)ncnc4[nH]3)cc2)CC1. The van der Waals surface area contributed by atoms with E-state index in [9.17, 15) is 0 Å². The monoisotopic (exact) mass is 1760 g/mol. The van der Waals surface area contributed by atoms with Crippen LogP contribution in [-0.4, -0.2) is 230 Å². The quantitative estimate of drug-likeness (QED) is 0.0227. The van der Waals surface area contributed by atoms with E-state index in [1.807, 2.05) is 24.3 Å². The molecule has 20 rings (SSSR count). The molecule has 4 aliphatic heterocycles. The van der Waals surface area contributed by atoms with E-state index in [1.54, 1.807) is 25.3 Å². The summed E-state index contributed by atoms with van der Waals surface area (Å²) in [6, 6.07) is 86.5. The highest BCUT2D eigenvalue weighted by atomic mass is 15.3. The molecule has 24 nitrogen and oxygen atoms in total. The van der Waals surface area contributed by atoms with Gasteiger partial charge in [-0.3, -0.25) is 19.6 Å². The van der Waals surface area contributed by atoms with Gasteiger partial charge in [-0.1, -0.05) is 246 Å². The first-order valence-corrected chi connectivity index (χ1v) is 47.5. The van der Waals surface area contributed by atoms with Crippen molar-refractivity contribution in [3.63, 3.8) is 0 Å². The molecule has 4 fully saturated rings. The molecule has 16 aromatic rings. The average molecular weight is 1760 g/mol. The molecule has 0 radical (unpaired) electrons. The summed E-state index contributed by atoms with van der Waals surface area (Å²) in [6.45, 7) is 44.8. The van der Waals surface area contributed by atoms with Crippen molar-refractivity contribution in [2.75, 3.05) is 152 Å². The van der Waals surface area contributed by atoms with Crippen LogP contribution in [0.1, 0.15) is 124 Å². The Morgan fingerprint density at radius 3 is 0.598 bits per heavy atom. The topological polar surface area (TPSA) is 240 Å². The van der Waals surface area contributed by atoms with Gasteiger partial charge in [0.15, 0.2) is 0 Å². The Morgan fingerprint density at radius 2 is 0.417 bits per heavy atom. The zero-order valence-electron chi connectivity index (χ0n) is 77.8. The normalized spacial score (nSPS) is 16.2. The van der Waals surface area contributed by atoms with Gasteiger partial charge in [0.1, 0.15) is 71.2 Å². The van der Waals surface area contributed by atoms with E-state index in [1.165, 1.54) is 96.9 Å². The second kappa shape index (κ2) is 44.4. The Hall–Kier alpha value is -12.9. The average Bonchev–Trinajstić information content (AvgIpc) is 1.68. The summed E-state index contributed by atoms with van der Waals surface area (Å²) < 4.78 is 0. The fraction of sp³-hybridized carbons (Fsp3) is 0.333. The molecular weight excluding hydrogens is 1630 g/mol. The van der Waals surface area contributed by atoms with Gasteiger partial charge >= 0.3 is 0 Å². The number of hydrogen-bond acceptors (Lipinski definition) is 20. The van der Waals surface area contributed by atoms with Crippen molar-refractivity contribution >= 4 is 67.4 Å². The summed E-state index contributed by atoms with van der Waals surface area (Å²) in [7, 11) is 0. The number of aromatic amines is 4. The number of anilines is 4. The van der Waals surface area contributed by atoms with E-state index >= 15 is 0 Å². The molecule has 0 spiro atoms. The highest BCUT2D eigenvalue weighted by Gasteiger charge is 2.24. The Kier molecular flexibility index (Phi) is 30.6. The fourth-order valence-electron chi connectivity index (χ4n) is 18.2. The maximum absolute atomic E-state index is 4.52. The molecule has 8 aromatic heterocycles. The highest BCUT2D eigenvalue weighted by Crippen LogP contribution is 2.36. The number of rotatable bonds is 28. The van der Waals surface area contributed by atoms with Gasteiger partial charge in [0.25, 0.3) is 0 Å². The molecular formula is C108H128N24. The van der Waals surface area contributed by atoms with Gasteiger partial charge in [0.2, 0.25) is 0 Å². The molecule has 0 aliphatic carbocycles. The van der Waals surface area contributed by atoms with Gasteiger partial charge in [-0.15, -0.1) is 0 Å².